The van der Waals surface area contributed by atoms with Gasteiger partial charge in [-0.25, -0.2) is 4.39 Å². The Labute approximate surface area is 157 Å². The number of hydrogen-bond acceptors (Lipinski definition) is 2. The average Bonchev–Trinajstić information content (AvgIpc) is 2.69. The lowest BCUT2D eigenvalue weighted by Crippen LogP contribution is -2.34. The van der Waals surface area contributed by atoms with Gasteiger partial charge in [-0.1, -0.05) is 60.7 Å². The average molecular weight is 365 g/mol. The van der Waals surface area contributed by atoms with E-state index in [0.29, 0.717) is 0 Å². The van der Waals surface area contributed by atoms with Crippen LogP contribution in [-0.2, 0) is 4.79 Å². The highest BCUT2D eigenvalue weighted by Gasteiger charge is 2.21. The van der Waals surface area contributed by atoms with E-state index < -0.39 is 0 Å². The highest BCUT2D eigenvalue weighted by Crippen LogP contribution is 2.26. The topological polar surface area (TPSA) is 29.1 Å². The van der Waals surface area contributed by atoms with E-state index in [-0.39, 0.29) is 23.0 Å². The van der Waals surface area contributed by atoms with Crippen LogP contribution in [0.2, 0.25) is 0 Å². The molecule has 2 nitrogen and oxygen atoms in total. The molecular weight excluding hydrogens is 345 g/mol. The Morgan fingerprint density at radius 2 is 1.35 bits per heavy atom. The van der Waals surface area contributed by atoms with Crippen LogP contribution < -0.4 is 5.32 Å². The molecule has 3 aromatic rings. The van der Waals surface area contributed by atoms with Gasteiger partial charge in [-0.3, -0.25) is 4.79 Å². The minimum Gasteiger partial charge on any atom is -0.344 e. The molecular formula is C22H20FNOS. The van der Waals surface area contributed by atoms with Crippen LogP contribution in [0.15, 0.2) is 89.8 Å². The number of halogens is 1. The Morgan fingerprint density at radius 1 is 0.846 bits per heavy atom. The van der Waals surface area contributed by atoms with Gasteiger partial charge in [0.1, 0.15) is 5.82 Å². The standard InChI is InChI=1S/C22H20FNOS/c1-16(26-20-14-12-19(23)13-15-20)22(25)24-21(17-8-4-2-5-9-17)18-10-6-3-7-11-18/h2-16,21H,1H3,(H,24,25). The van der Waals surface area contributed by atoms with Crippen molar-refractivity contribution in [2.75, 3.05) is 0 Å². The van der Waals surface area contributed by atoms with Crippen LogP contribution in [0.1, 0.15) is 24.1 Å². The molecule has 3 rings (SSSR count). The first-order chi connectivity index (χ1) is 12.6. The van der Waals surface area contributed by atoms with Gasteiger partial charge in [-0.05, 0) is 42.3 Å². The molecule has 0 saturated carbocycles. The Morgan fingerprint density at radius 3 is 1.85 bits per heavy atom. The Bertz CT molecular complexity index is 798. The fourth-order valence-electron chi connectivity index (χ4n) is 2.68. The summed E-state index contributed by atoms with van der Waals surface area (Å²) in [5.74, 6) is -0.336. The minimum atomic E-state index is -0.296. The summed E-state index contributed by atoms with van der Waals surface area (Å²) >= 11 is 1.41. The van der Waals surface area contributed by atoms with Gasteiger partial charge in [0.2, 0.25) is 5.91 Å². The predicted octanol–water partition coefficient (Wildman–Crippen LogP) is 5.21. The monoisotopic (exact) mass is 365 g/mol. The van der Waals surface area contributed by atoms with Crippen molar-refractivity contribution in [3.05, 3.63) is 102 Å². The van der Waals surface area contributed by atoms with E-state index in [9.17, 15) is 9.18 Å². The molecule has 1 N–H and O–H groups in total. The lowest BCUT2D eigenvalue weighted by atomic mass is 9.98. The fraction of sp³-hybridized carbons (Fsp3) is 0.136. The van der Waals surface area contributed by atoms with Crippen LogP contribution in [0.4, 0.5) is 4.39 Å². The lowest BCUT2D eigenvalue weighted by Gasteiger charge is -2.22. The van der Waals surface area contributed by atoms with Gasteiger partial charge < -0.3 is 5.32 Å². The maximum Gasteiger partial charge on any atom is 0.233 e. The molecule has 0 bridgehead atoms. The molecule has 3 aromatic carbocycles. The van der Waals surface area contributed by atoms with Gasteiger partial charge >= 0.3 is 0 Å². The molecule has 0 spiro atoms. The van der Waals surface area contributed by atoms with E-state index in [1.54, 1.807) is 12.1 Å². The predicted molar refractivity (Wildman–Crippen MR) is 105 cm³/mol. The summed E-state index contributed by atoms with van der Waals surface area (Å²) in [6.45, 7) is 1.86. The van der Waals surface area contributed by atoms with Crippen molar-refractivity contribution in [2.24, 2.45) is 0 Å². The molecule has 1 unspecified atom stereocenters. The van der Waals surface area contributed by atoms with Crippen molar-refractivity contribution in [1.29, 1.82) is 0 Å². The number of benzene rings is 3. The molecule has 0 saturated heterocycles. The second kappa shape index (κ2) is 8.68. The van der Waals surface area contributed by atoms with Crippen molar-refractivity contribution in [1.82, 2.24) is 5.32 Å². The smallest absolute Gasteiger partial charge is 0.233 e. The van der Waals surface area contributed by atoms with Crippen LogP contribution in [0.3, 0.4) is 0 Å². The van der Waals surface area contributed by atoms with Crippen molar-refractivity contribution in [3.8, 4) is 0 Å². The fourth-order valence-corrected chi connectivity index (χ4v) is 3.56. The SMILES string of the molecule is CC(Sc1ccc(F)cc1)C(=O)NC(c1ccccc1)c1ccccc1. The molecule has 0 aromatic heterocycles. The number of nitrogens with one attached hydrogen (secondary N) is 1. The Balaban J connectivity index is 1.75. The zero-order valence-corrected chi connectivity index (χ0v) is 15.2. The third kappa shape index (κ3) is 4.73. The number of hydrogen-bond donors (Lipinski definition) is 1. The number of amides is 1. The highest BCUT2D eigenvalue weighted by atomic mass is 32.2. The summed E-state index contributed by atoms with van der Waals surface area (Å²) in [6.07, 6.45) is 0. The zero-order chi connectivity index (χ0) is 18.4. The van der Waals surface area contributed by atoms with Gasteiger partial charge in [0.25, 0.3) is 0 Å². The first kappa shape index (κ1) is 18.2. The van der Waals surface area contributed by atoms with Crippen LogP contribution in [0.25, 0.3) is 0 Å². The Hall–Kier alpha value is -2.59. The molecule has 132 valence electrons. The third-order valence-corrected chi connectivity index (χ3v) is 5.16. The van der Waals surface area contributed by atoms with Crippen LogP contribution in [-0.4, -0.2) is 11.2 Å². The van der Waals surface area contributed by atoms with E-state index in [2.05, 4.69) is 5.32 Å². The molecule has 0 fully saturated rings. The molecule has 26 heavy (non-hydrogen) atoms. The van der Waals surface area contributed by atoms with Gasteiger partial charge in [0.05, 0.1) is 11.3 Å². The summed E-state index contributed by atoms with van der Waals surface area (Å²) in [5.41, 5.74) is 2.07. The van der Waals surface area contributed by atoms with Crippen molar-refractivity contribution in [2.45, 2.75) is 23.1 Å². The summed E-state index contributed by atoms with van der Waals surface area (Å²) in [7, 11) is 0. The van der Waals surface area contributed by atoms with Crippen molar-refractivity contribution >= 4 is 17.7 Å². The number of thioether (sulfide) groups is 1. The largest absolute Gasteiger partial charge is 0.344 e. The molecule has 0 aliphatic rings. The maximum atomic E-state index is 13.0. The highest BCUT2D eigenvalue weighted by molar-refractivity contribution is 8.00. The molecule has 1 amide bonds. The quantitative estimate of drug-likeness (QED) is 0.608. The van der Waals surface area contributed by atoms with E-state index >= 15 is 0 Å². The summed E-state index contributed by atoms with van der Waals surface area (Å²) < 4.78 is 13.0. The van der Waals surface area contributed by atoms with Gasteiger partial charge in [0.15, 0.2) is 0 Å². The lowest BCUT2D eigenvalue weighted by molar-refractivity contribution is -0.120. The normalized spacial score (nSPS) is 12.0. The van der Waals surface area contributed by atoms with Gasteiger partial charge in [-0.2, -0.15) is 0 Å². The van der Waals surface area contributed by atoms with Crippen molar-refractivity contribution < 1.29 is 9.18 Å². The van der Waals surface area contributed by atoms with Gasteiger partial charge in [0, 0.05) is 4.90 Å². The van der Waals surface area contributed by atoms with Gasteiger partial charge in [-0.15, -0.1) is 11.8 Å². The van der Waals surface area contributed by atoms with Crippen molar-refractivity contribution in [3.63, 3.8) is 0 Å². The summed E-state index contributed by atoms with van der Waals surface area (Å²) in [6, 6.07) is 25.8. The molecule has 0 aliphatic carbocycles. The first-order valence-corrected chi connectivity index (χ1v) is 9.34. The zero-order valence-electron chi connectivity index (χ0n) is 14.4. The van der Waals surface area contributed by atoms with E-state index in [0.717, 1.165) is 16.0 Å². The summed E-state index contributed by atoms with van der Waals surface area (Å²) in [5, 5.41) is 2.85. The van der Waals surface area contributed by atoms with E-state index in [1.165, 1.54) is 23.9 Å². The third-order valence-electron chi connectivity index (χ3n) is 4.05. The van der Waals surface area contributed by atoms with E-state index in [4.69, 9.17) is 0 Å². The van der Waals surface area contributed by atoms with Crippen LogP contribution in [0, 0.1) is 5.82 Å². The van der Waals surface area contributed by atoms with Crippen LogP contribution in [0.5, 0.6) is 0 Å². The second-order valence-electron chi connectivity index (χ2n) is 5.98. The second-order valence-corrected chi connectivity index (χ2v) is 7.39. The Kier molecular flexibility index (Phi) is 6.08. The van der Waals surface area contributed by atoms with Crippen LogP contribution >= 0.6 is 11.8 Å². The minimum absolute atomic E-state index is 0.0583. The van der Waals surface area contributed by atoms with E-state index in [1.807, 2.05) is 67.6 Å². The molecule has 0 aliphatic heterocycles. The summed E-state index contributed by atoms with van der Waals surface area (Å²) in [4.78, 5) is 13.6. The number of carbonyl (C=O) groups excluding carboxylic acids is 1. The molecule has 1 atom stereocenters. The molecule has 4 heteroatoms. The molecule has 0 radical (unpaired) electrons. The first-order valence-electron chi connectivity index (χ1n) is 8.46. The number of carbonyl (C=O) groups is 1. The molecule has 0 heterocycles. The number of rotatable bonds is 6. The maximum absolute atomic E-state index is 13.0.